The Kier molecular flexibility index (Phi) is 4.88. The zero-order valence-corrected chi connectivity index (χ0v) is 12.5. The Bertz CT molecular complexity index is 515. The third-order valence-electron chi connectivity index (χ3n) is 4.16. The third-order valence-corrected chi connectivity index (χ3v) is 4.16. The Labute approximate surface area is 124 Å². The standard InChI is InChI=1S/C15H21N3O3/c1-3-18(13-7-5-4-6-10(13)2)14(19)11-8-17-12(9-16-11)15(20)21/h8-10,13H,3-7H2,1-2H3,(H,20,21). The summed E-state index contributed by atoms with van der Waals surface area (Å²) in [5.74, 6) is -0.829. The molecule has 1 saturated carbocycles. The predicted molar refractivity (Wildman–Crippen MR) is 77.1 cm³/mol. The van der Waals surface area contributed by atoms with Gasteiger partial charge in [0.2, 0.25) is 0 Å². The van der Waals surface area contributed by atoms with Gasteiger partial charge in [-0.05, 0) is 25.7 Å². The van der Waals surface area contributed by atoms with Gasteiger partial charge in [0.05, 0.1) is 12.4 Å². The maximum Gasteiger partial charge on any atom is 0.356 e. The van der Waals surface area contributed by atoms with Crippen molar-refractivity contribution in [3.8, 4) is 0 Å². The summed E-state index contributed by atoms with van der Waals surface area (Å²) in [5, 5.41) is 8.81. The normalized spacial score (nSPS) is 21.8. The molecule has 1 aromatic heterocycles. The van der Waals surface area contributed by atoms with E-state index in [1.165, 1.54) is 12.6 Å². The molecule has 1 aliphatic carbocycles. The van der Waals surface area contributed by atoms with Crippen molar-refractivity contribution in [3.63, 3.8) is 0 Å². The molecular formula is C15H21N3O3. The van der Waals surface area contributed by atoms with Gasteiger partial charge in [-0.1, -0.05) is 19.8 Å². The molecule has 2 rings (SSSR count). The van der Waals surface area contributed by atoms with Gasteiger partial charge in [-0.25, -0.2) is 14.8 Å². The number of carboxylic acid groups (broad SMARTS) is 1. The number of nitrogens with zero attached hydrogens (tertiary/aromatic N) is 3. The van der Waals surface area contributed by atoms with Crippen LogP contribution in [0.25, 0.3) is 0 Å². The molecule has 0 radical (unpaired) electrons. The molecule has 1 aliphatic rings. The van der Waals surface area contributed by atoms with Crippen molar-refractivity contribution in [1.82, 2.24) is 14.9 Å². The minimum Gasteiger partial charge on any atom is -0.476 e. The second-order valence-electron chi connectivity index (χ2n) is 5.51. The van der Waals surface area contributed by atoms with E-state index < -0.39 is 5.97 Å². The number of hydrogen-bond donors (Lipinski definition) is 1. The van der Waals surface area contributed by atoms with E-state index in [0.29, 0.717) is 12.5 Å². The van der Waals surface area contributed by atoms with Crippen LogP contribution in [0.3, 0.4) is 0 Å². The summed E-state index contributed by atoms with van der Waals surface area (Å²) in [4.78, 5) is 32.9. The van der Waals surface area contributed by atoms with Crippen molar-refractivity contribution in [2.45, 2.75) is 45.6 Å². The highest BCUT2D eigenvalue weighted by atomic mass is 16.4. The number of hydrogen-bond acceptors (Lipinski definition) is 4. The van der Waals surface area contributed by atoms with Crippen LogP contribution in [0.15, 0.2) is 12.4 Å². The van der Waals surface area contributed by atoms with Gasteiger partial charge in [-0.15, -0.1) is 0 Å². The van der Waals surface area contributed by atoms with Crippen LogP contribution < -0.4 is 0 Å². The monoisotopic (exact) mass is 291 g/mol. The SMILES string of the molecule is CCN(C(=O)c1cnc(C(=O)O)cn1)C1CCCCC1C. The lowest BCUT2D eigenvalue weighted by atomic mass is 9.84. The molecule has 0 saturated heterocycles. The maximum atomic E-state index is 12.6. The molecule has 0 bridgehead atoms. The molecule has 1 aromatic rings. The van der Waals surface area contributed by atoms with Gasteiger partial charge in [0.15, 0.2) is 5.69 Å². The molecule has 1 fully saturated rings. The molecule has 6 heteroatoms. The Morgan fingerprint density at radius 1 is 1.24 bits per heavy atom. The molecule has 6 nitrogen and oxygen atoms in total. The van der Waals surface area contributed by atoms with E-state index in [4.69, 9.17) is 5.11 Å². The van der Waals surface area contributed by atoms with Gasteiger partial charge in [-0.3, -0.25) is 4.79 Å². The molecule has 114 valence electrons. The van der Waals surface area contributed by atoms with Crippen LogP contribution in [0.1, 0.15) is 60.5 Å². The number of rotatable bonds is 4. The van der Waals surface area contributed by atoms with Gasteiger partial charge in [-0.2, -0.15) is 0 Å². The highest BCUT2D eigenvalue weighted by Crippen LogP contribution is 2.28. The first-order valence-corrected chi connectivity index (χ1v) is 7.41. The van der Waals surface area contributed by atoms with Crippen LogP contribution >= 0.6 is 0 Å². The lowest BCUT2D eigenvalue weighted by Gasteiger charge is -2.37. The molecule has 2 unspecified atom stereocenters. The van der Waals surface area contributed by atoms with E-state index in [2.05, 4.69) is 16.9 Å². The number of carboxylic acids is 1. The summed E-state index contributed by atoms with van der Waals surface area (Å²) in [5.41, 5.74) is 0.0558. The van der Waals surface area contributed by atoms with E-state index in [0.717, 1.165) is 25.5 Å². The number of aromatic carboxylic acids is 1. The molecule has 2 atom stereocenters. The van der Waals surface area contributed by atoms with E-state index >= 15 is 0 Å². The number of amides is 1. The fourth-order valence-electron chi connectivity index (χ4n) is 2.98. The van der Waals surface area contributed by atoms with E-state index in [9.17, 15) is 9.59 Å². The fourth-order valence-corrected chi connectivity index (χ4v) is 2.98. The number of carbonyl (C=O) groups excluding carboxylic acids is 1. The zero-order chi connectivity index (χ0) is 15.4. The van der Waals surface area contributed by atoms with Crippen molar-refractivity contribution in [1.29, 1.82) is 0 Å². The number of carbonyl (C=O) groups is 2. The van der Waals surface area contributed by atoms with Crippen LogP contribution in [-0.4, -0.2) is 44.4 Å². The van der Waals surface area contributed by atoms with Crippen LogP contribution in [0.4, 0.5) is 0 Å². The van der Waals surface area contributed by atoms with Crippen molar-refractivity contribution in [2.24, 2.45) is 5.92 Å². The lowest BCUT2D eigenvalue weighted by Crippen LogP contribution is -2.45. The maximum absolute atomic E-state index is 12.6. The molecule has 1 heterocycles. The topological polar surface area (TPSA) is 83.4 Å². The van der Waals surface area contributed by atoms with Crippen LogP contribution in [0, 0.1) is 5.92 Å². The molecule has 1 N–H and O–H groups in total. The van der Waals surface area contributed by atoms with Crippen LogP contribution in [0.5, 0.6) is 0 Å². The quantitative estimate of drug-likeness (QED) is 0.919. The molecule has 1 amide bonds. The first-order valence-electron chi connectivity index (χ1n) is 7.41. The second-order valence-corrected chi connectivity index (χ2v) is 5.51. The Hall–Kier alpha value is -1.98. The molecule has 0 spiro atoms. The molecule has 0 aromatic carbocycles. The summed E-state index contributed by atoms with van der Waals surface area (Å²) in [6, 6.07) is 0.234. The summed E-state index contributed by atoms with van der Waals surface area (Å²) < 4.78 is 0. The van der Waals surface area contributed by atoms with Crippen molar-refractivity contribution in [2.75, 3.05) is 6.54 Å². The van der Waals surface area contributed by atoms with Gasteiger partial charge in [0.25, 0.3) is 5.91 Å². The van der Waals surface area contributed by atoms with Gasteiger partial charge in [0, 0.05) is 12.6 Å². The summed E-state index contributed by atoms with van der Waals surface area (Å²) >= 11 is 0. The Balaban J connectivity index is 2.17. The number of aromatic nitrogens is 2. The minimum absolute atomic E-state index is 0.152. The highest BCUT2D eigenvalue weighted by Gasteiger charge is 2.30. The summed E-state index contributed by atoms with van der Waals surface area (Å²) in [6.07, 6.45) is 6.90. The van der Waals surface area contributed by atoms with Crippen LogP contribution in [0.2, 0.25) is 0 Å². The fraction of sp³-hybridized carbons (Fsp3) is 0.600. The van der Waals surface area contributed by atoms with E-state index in [1.54, 1.807) is 0 Å². The first kappa shape index (κ1) is 15.4. The van der Waals surface area contributed by atoms with Crippen molar-refractivity contribution in [3.05, 3.63) is 23.8 Å². The third kappa shape index (κ3) is 3.37. The molecule has 0 aliphatic heterocycles. The van der Waals surface area contributed by atoms with Crippen molar-refractivity contribution < 1.29 is 14.7 Å². The van der Waals surface area contributed by atoms with E-state index in [1.807, 2.05) is 11.8 Å². The highest BCUT2D eigenvalue weighted by molar-refractivity contribution is 5.93. The summed E-state index contributed by atoms with van der Waals surface area (Å²) in [6.45, 7) is 4.76. The lowest BCUT2D eigenvalue weighted by molar-refractivity contribution is 0.0561. The van der Waals surface area contributed by atoms with Gasteiger partial charge >= 0.3 is 5.97 Å². The average Bonchev–Trinajstić information content (AvgIpc) is 2.50. The summed E-state index contributed by atoms with van der Waals surface area (Å²) in [7, 11) is 0. The minimum atomic E-state index is -1.14. The van der Waals surface area contributed by atoms with Gasteiger partial charge in [0.1, 0.15) is 5.69 Å². The first-order chi connectivity index (χ1) is 10.0. The zero-order valence-electron chi connectivity index (χ0n) is 12.5. The largest absolute Gasteiger partial charge is 0.476 e. The van der Waals surface area contributed by atoms with Crippen molar-refractivity contribution >= 4 is 11.9 Å². The average molecular weight is 291 g/mol. The van der Waals surface area contributed by atoms with Crippen LogP contribution in [-0.2, 0) is 0 Å². The smallest absolute Gasteiger partial charge is 0.356 e. The predicted octanol–water partition coefficient (Wildman–Crippen LogP) is 2.22. The van der Waals surface area contributed by atoms with E-state index in [-0.39, 0.29) is 23.3 Å². The second kappa shape index (κ2) is 6.65. The molecular weight excluding hydrogens is 270 g/mol. The molecule has 21 heavy (non-hydrogen) atoms. The van der Waals surface area contributed by atoms with Gasteiger partial charge < -0.3 is 10.0 Å². The Morgan fingerprint density at radius 2 is 1.86 bits per heavy atom. The Morgan fingerprint density at radius 3 is 2.38 bits per heavy atom.